The highest BCUT2D eigenvalue weighted by molar-refractivity contribution is 5.20. The van der Waals surface area contributed by atoms with Crippen LogP contribution in [0.2, 0.25) is 0 Å². The van der Waals surface area contributed by atoms with Gasteiger partial charge in [-0.05, 0) is 51.4 Å². The summed E-state index contributed by atoms with van der Waals surface area (Å²) >= 11 is 0. The van der Waals surface area contributed by atoms with Crippen molar-refractivity contribution < 1.29 is 8.78 Å². The van der Waals surface area contributed by atoms with Crippen molar-refractivity contribution in [1.29, 1.82) is 0 Å². The Kier molecular flexibility index (Phi) is 4.53. The maximum Gasteiger partial charge on any atom is 0.126 e. The number of hydrogen-bond donors (Lipinski definition) is 1. The molecule has 0 bridgehead atoms. The summed E-state index contributed by atoms with van der Waals surface area (Å²) in [6, 6.07) is 4.76. The second-order valence-electron chi connectivity index (χ2n) is 5.58. The summed E-state index contributed by atoms with van der Waals surface area (Å²) in [5, 5.41) is 3.34. The molecule has 106 valence electrons. The van der Waals surface area contributed by atoms with Gasteiger partial charge >= 0.3 is 0 Å². The minimum absolute atomic E-state index is 0.0553. The Morgan fingerprint density at radius 1 is 1.21 bits per heavy atom. The Morgan fingerprint density at radius 2 is 1.79 bits per heavy atom. The van der Waals surface area contributed by atoms with Gasteiger partial charge in [-0.1, -0.05) is 0 Å². The van der Waals surface area contributed by atoms with Crippen molar-refractivity contribution >= 4 is 0 Å². The molecule has 1 N–H and O–H groups in total. The predicted molar refractivity (Wildman–Crippen MR) is 73.0 cm³/mol. The molecule has 2 rings (SSSR count). The summed E-state index contributed by atoms with van der Waals surface area (Å²) in [7, 11) is 2.14. The van der Waals surface area contributed by atoms with Crippen LogP contribution in [0, 0.1) is 11.6 Å². The maximum absolute atomic E-state index is 13.2. The molecular formula is C15H22F2N2. The van der Waals surface area contributed by atoms with Gasteiger partial charge in [0.15, 0.2) is 0 Å². The zero-order valence-electron chi connectivity index (χ0n) is 11.8. The molecule has 19 heavy (non-hydrogen) atoms. The molecule has 1 aromatic carbocycles. The average Bonchev–Trinajstić information content (AvgIpc) is 3.17. The van der Waals surface area contributed by atoms with E-state index in [4.69, 9.17) is 0 Å². The van der Waals surface area contributed by atoms with Crippen LogP contribution < -0.4 is 5.32 Å². The fraction of sp³-hybridized carbons (Fsp3) is 0.600. The van der Waals surface area contributed by atoms with Crippen LogP contribution in [-0.2, 0) is 0 Å². The minimum atomic E-state index is -0.521. The average molecular weight is 268 g/mol. The van der Waals surface area contributed by atoms with Crippen molar-refractivity contribution in [3.05, 3.63) is 35.4 Å². The predicted octanol–water partition coefficient (Wildman–Crippen LogP) is 3.10. The van der Waals surface area contributed by atoms with E-state index in [1.165, 1.54) is 25.0 Å². The van der Waals surface area contributed by atoms with Gasteiger partial charge in [0.05, 0.1) is 0 Å². The molecule has 1 saturated carbocycles. The molecule has 1 aromatic rings. The quantitative estimate of drug-likeness (QED) is 0.853. The first-order valence-corrected chi connectivity index (χ1v) is 6.88. The fourth-order valence-electron chi connectivity index (χ4n) is 2.28. The van der Waals surface area contributed by atoms with Gasteiger partial charge in [0.25, 0.3) is 0 Å². The number of likely N-dealkylation sites (N-methyl/N-ethyl adjacent to an activating group) is 1. The summed E-state index contributed by atoms with van der Waals surface area (Å²) in [5.74, 6) is -1.04. The lowest BCUT2D eigenvalue weighted by Crippen LogP contribution is -2.39. The third-order valence-electron chi connectivity index (χ3n) is 3.92. The van der Waals surface area contributed by atoms with Crippen molar-refractivity contribution in [2.45, 2.75) is 44.8 Å². The van der Waals surface area contributed by atoms with Crippen molar-refractivity contribution in [2.75, 3.05) is 13.6 Å². The molecule has 0 saturated heterocycles. The largest absolute Gasteiger partial charge is 0.309 e. The summed E-state index contributed by atoms with van der Waals surface area (Å²) < 4.78 is 26.3. The lowest BCUT2D eigenvalue weighted by molar-refractivity contribution is 0.237. The zero-order chi connectivity index (χ0) is 14.0. The normalized spacial score (nSPS) is 18.6. The molecule has 2 nitrogen and oxygen atoms in total. The van der Waals surface area contributed by atoms with E-state index in [-0.39, 0.29) is 6.04 Å². The second kappa shape index (κ2) is 5.97. The molecule has 4 heteroatoms. The molecule has 1 aliphatic carbocycles. The van der Waals surface area contributed by atoms with E-state index < -0.39 is 11.6 Å². The highest BCUT2D eigenvalue weighted by atomic mass is 19.1. The summed E-state index contributed by atoms with van der Waals surface area (Å²) in [6.45, 7) is 4.91. The summed E-state index contributed by atoms with van der Waals surface area (Å²) in [6.07, 6.45) is 2.57. The number of nitrogens with zero attached hydrogens (tertiary/aromatic N) is 1. The van der Waals surface area contributed by atoms with Crippen LogP contribution >= 0.6 is 0 Å². The molecule has 2 unspecified atom stereocenters. The number of benzene rings is 1. The van der Waals surface area contributed by atoms with E-state index in [0.717, 1.165) is 18.7 Å². The van der Waals surface area contributed by atoms with Crippen LogP contribution in [0.4, 0.5) is 8.78 Å². The van der Waals surface area contributed by atoms with Gasteiger partial charge in [-0.15, -0.1) is 0 Å². The van der Waals surface area contributed by atoms with E-state index in [9.17, 15) is 8.78 Å². The Bertz CT molecular complexity index is 412. The lowest BCUT2D eigenvalue weighted by Gasteiger charge is -2.26. The van der Waals surface area contributed by atoms with E-state index >= 15 is 0 Å². The SMILES string of the molecule is CC(NCC(C)N(C)C1CC1)c1cc(F)cc(F)c1. The molecule has 0 aromatic heterocycles. The lowest BCUT2D eigenvalue weighted by atomic mass is 10.1. The summed E-state index contributed by atoms with van der Waals surface area (Å²) in [5.41, 5.74) is 0.652. The van der Waals surface area contributed by atoms with Gasteiger partial charge < -0.3 is 5.32 Å². The molecule has 0 spiro atoms. The molecule has 0 amide bonds. The maximum atomic E-state index is 13.2. The Labute approximate surface area is 113 Å². The monoisotopic (exact) mass is 268 g/mol. The first kappa shape index (κ1) is 14.4. The van der Waals surface area contributed by atoms with Gasteiger partial charge in [-0.25, -0.2) is 8.78 Å². The molecule has 0 aliphatic heterocycles. The second-order valence-corrected chi connectivity index (χ2v) is 5.58. The Morgan fingerprint density at radius 3 is 2.32 bits per heavy atom. The van der Waals surface area contributed by atoms with Crippen LogP contribution in [0.5, 0.6) is 0 Å². The van der Waals surface area contributed by atoms with Crippen molar-refractivity contribution in [3.8, 4) is 0 Å². The number of hydrogen-bond acceptors (Lipinski definition) is 2. The highest BCUT2D eigenvalue weighted by Crippen LogP contribution is 2.27. The smallest absolute Gasteiger partial charge is 0.126 e. The topological polar surface area (TPSA) is 15.3 Å². The Hall–Kier alpha value is -1.00. The van der Waals surface area contributed by atoms with Gasteiger partial charge in [0.1, 0.15) is 11.6 Å². The highest BCUT2D eigenvalue weighted by Gasteiger charge is 2.29. The van der Waals surface area contributed by atoms with E-state index in [1.54, 1.807) is 0 Å². The summed E-state index contributed by atoms with van der Waals surface area (Å²) in [4.78, 5) is 2.37. The molecular weight excluding hydrogens is 246 g/mol. The van der Waals surface area contributed by atoms with Gasteiger partial charge in [-0.2, -0.15) is 0 Å². The number of halogens is 2. The van der Waals surface area contributed by atoms with Crippen LogP contribution in [0.3, 0.4) is 0 Å². The first-order chi connectivity index (χ1) is 8.97. The third kappa shape index (κ3) is 3.98. The zero-order valence-corrected chi connectivity index (χ0v) is 11.8. The van der Waals surface area contributed by atoms with E-state index in [0.29, 0.717) is 11.6 Å². The number of nitrogens with one attached hydrogen (secondary N) is 1. The van der Waals surface area contributed by atoms with Crippen LogP contribution in [0.15, 0.2) is 18.2 Å². The molecule has 0 heterocycles. The minimum Gasteiger partial charge on any atom is -0.309 e. The van der Waals surface area contributed by atoms with Crippen molar-refractivity contribution in [2.24, 2.45) is 0 Å². The molecule has 2 atom stereocenters. The Balaban J connectivity index is 1.87. The van der Waals surface area contributed by atoms with Gasteiger partial charge in [0.2, 0.25) is 0 Å². The molecule has 1 aliphatic rings. The fourth-order valence-corrected chi connectivity index (χ4v) is 2.28. The van der Waals surface area contributed by atoms with Crippen LogP contribution in [0.1, 0.15) is 38.3 Å². The van der Waals surface area contributed by atoms with Crippen molar-refractivity contribution in [3.63, 3.8) is 0 Å². The molecule has 1 fully saturated rings. The van der Waals surface area contributed by atoms with Crippen LogP contribution in [0.25, 0.3) is 0 Å². The third-order valence-corrected chi connectivity index (χ3v) is 3.92. The van der Waals surface area contributed by atoms with E-state index in [1.807, 2.05) is 6.92 Å². The van der Waals surface area contributed by atoms with Crippen LogP contribution in [-0.4, -0.2) is 30.6 Å². The molecule has 0 radical (unpaired) electrons. The number of rotatable bonds is 6. The van der Waals surface area contributed by atoms with Gasteiger partial charge in [0, 0.05) is 30.7 Å². The van der Waals surface area contributed by atoms with Crippen molar-refractivity contribution in [1.82, 2.24) is 10.2 Å². The first-order valence-electron chi connectivity index (χ1n) is 6.88. The van der Waals surface area contributed by atoms with E-state index in [2.05, 4.69) is 24.2 Å². The standard InChI is InChI=1S/C15H22F2N2/c1-10(19(3)15-4-5-15)9-18-11(2)12-6-13(16)8-14(17)7-12/h6-8,10-11,15,18H,4-5,9H2,1-3H3. The van der Waals surface area contributed by atoms with Gasteiger partial charge in [-0.3, -0.25) is 4.90 Å².